The number of carbonyl (C=O) groups excluding carboxylic acids is 1. The summed E-state index contributed by atoms with van der Waals surface area (Å²) in [4.78, 5) is 25.4. The lowest BCUT2D eigenvalue weighted by molar-refractivity contribution is -0.140. The summed E-state index contributed by atoms with van der Waals surface area (Å²) in [6.45, 7) is 4.59. The van der Waals surface area contributed by atoms with Gasteiger partial charge in [0.25, 0.3) is 0 Å². The Kier molecular flexibility index (Phi) is 3.15. The highest BCUT2D eigenvalue weighted by atomic mass is 16.4. The number of hydrogen-bond donors (Lipinski definition) is 3. The number of carboxylic acid groups (broad SMARTS) is 1. The molecule has 1 saturated carbocycles. The zero-order valence-corrected chi connectivity index (χ0v) is 10.6. The molecule has 2 rings (SSSR count). The van der Waals surface area contributed by atoms with E-state index in [4.69, 9.17) is 5.11 Å². The maximum atomic E-state index is 11.8. The minimum absolute atomic E-state index is 0.147. The van der Waals surface area contributed by atoms with Gasteiger partial charge in [-0.05, 0) is 18.1 Å². The smallest absolute Gasteiger partial charge is 0.307 e. The average molecular weight is 250 g/mol. The van der Waals surface area contributed by atoms with E-state index in [1.165, 1.54) is 0 Å². The quantitative estimate of drug-likeness (QED) is 0.732. The van der Waals surface area contributed by atoms with Crippen molar-refractivity contribution in [2.75, 3.05) is 6.54 Å². The summed E-state index contributed by atoms with van der Waals surface area (Å²) in [6, 6.07) is 1.98. The summed E-state index contributed by atoms with van der Waals surface area (Å²) >= 11 is 0. The molecule has 3 N–H and O–H groups in total. The van der Waals surface area contributed by atoms with Crippen LogP contribution in [-0.2, 0) is 15.0 Å². The molecule has 1 amide bonds. The largest absolute Gasteiger partial charge is 0.481 e. The van der Waals surface area contributed by atoms with Gasteiger partial charge in [0.1, 0.15) is 0 Å². The van der Waals surface area contributed by atoms with Crippen molar-refractivity contribution in [3.05, 3.63) is 24.0 Å². The molecule has 1 aromatic heterocycles. The Morgan fingerprint density at radius 3 is 2.72 bits per heavy atom. The van der Waals surface area contributed by atoms with Gasteiger partial charge in [0.05, 0.1) is 11.8 Å². The molecule has 2 unspecified atom stereocenters. The van der Waals surface area contributed by atoms with Crippen molar-refractivity contribution in [2.45, 2.75) is 25.7 Å². The molecule has 0 aliphatic heterocycles. The second-order valence-electron chi connectivity index (χ2n) is 5.49. The van der Waals surface area contributed by atoms with Crippen LogP contribution in [0.4, 0.5) is 0 Å². The fourth-order valence-electron chi connectivity index (χ4n) is 2.04. The second kappa shape index (κ2) is 4.48. The lowest BCUT2D eigenvalue weighted by Crippen LogP contribution is -2.37. The van der Waals surface area contributed by atoms with Gasteiger partial charge >= 0.3 is 5.97 Å². The molecule has 2 atom stereocenters. The number of nitrogens with one attached hydrogen (secondary N) is 2. The predicted molar refractivity (Wildman–Crippen MR) is 66.1 cm³/mol. The molecular formula is C13H18N2O3. The molecule has 1 aliphatic rings. The molecule has 1 fully saturated rings. The fourth-order valence-corrected chi connectivity index (χ4v) is 2.04. The molecule has 1 aliphatic carbocycles. The highest BCUT2D eigenvalue weighted by molar-refractivity contribution is 5.89. The maximum Gasteiger partial charge on any atom is 0.307 e. The van der Waals surface area contributed by atoms with Crippen molar-refractivity contribution < 1.29 is 14.7 Å². The molecule has 18 heavy (non-hydrogen) atoms. The zero-order chi connectivity index (χ0) is 13.3. The number of rotatable bonds is 5. The van der Waals surface area contributed by atoms with Crippen LogP contribution in [0.5, 0.6) is 0 Å². The number of hydrogen-bond acceptors (Lipinski definition) is 2. The first kappa shape index (κ1) is 12.7. The first-order valence-electron chi connectivity index (χ1n) is 6.05. The summed E-state index contributed by atoms with van der Waals surface area (Å²) < 4.78 is 0. The van der Waals surface area contributed by atoms with Gasteiger partial charge in [-0.15, -0.1) is 0 Å². The standard InChI is InChI=1S/C13H18N2O3/c1-13(2,8-3-4-14-6-8)7-15-11(16)9-5-10(9)12(17)18/h3-4,6,9-10,14H,5,7H2,1-2H3,(H,15,16)(H,17,18). The third-order valence-electron chi connectivity index (χ3n) is 3.53. The van der Waals surface area contributed by atoms with Gasteiger partial charge in [0.15, 0.2) is 0 Å². The molecule has 1 aromatic rings. The Morgan fingerprint density at radius 2 is 2.22 bits per heavy atom. The van der Waals surface area contributed by atoms with Gasteiger partial charge < -0.3 is 15.4 Å². The summed E-state index contributed by atoms with van der Waals surface area (Å²) in [5.74, 6) is -1.85. The number of carbonyl (C=O) groups is 2. The highest BCUT2D eigenvalue weighted by Crippen LogP contribution is 2.38. The van der Waals surface area contributed by atoms with Crippen LogP contribution in [-0.4, -0.2) is 28.5 Å². The topological polar surface area (TPSA) is 82.2 Å². The van der Waals surface area contributed by atoms with Crippen LogP contribution in [0.25, 0.3) is 0 Å². The SMILES string of the molecule is CC(C)(CNC(=O)C1CC1C(=O)O)c1cc[nH]c1. The van der Waals surface area contributed by atoms with E-state index >= 15 is 0 Å². The molecule has 0 radical (unpaired) electrons. The number of aliphatic carboxylic acids is 1. The number of amides is 1. The van der Waals surface area contributed by atoms with Crippen LogP contribution in [0, 0.1) is 11.8 Å². The van der Waals surface area contributed by atoms with E-state index in [9.17, 15) is 9.59 Å². The van der Waals surface area contributed by atoms with Crippen molar-refractivity contribution in [3.63, 3.8) is 0 Å². The molecule has 5 heteroatoms. The van der Waals surface area contributed by atoms with Crippen molar-refractivity contribution in [3.8, 4) is 0 Å². The zero-order valence-electron chi connectivity index (χ0n) is 10.6. The van der Waals surface area contributed by atoms with Gasteiger partial charge in [0, 0.05) is 24.4 Å². The Morgan fingerprint density at radius 1 is 1.50 bits per heavy atom. The predicted octanol–water partition coefficient (Wildman–Crippen LogP) is 1.13. The molecule has 5 nitrogen and oxygen atoms in total. The van der Waals surface area contributed by atoms with E-state index in [0.29, 0.717) is 13.0 Å². The Bertz CT molecular complexity index is 451. The minimum atomic E-state index is -0.875. The molecule has 0 saturated heterocycles. The third kappa shape index (κ3) is 2.55. The second-order valence-corrected chi connectivity index (χ2v) is 5.49. The van der Waals surface area contributed by atoms with E-state index in [2.05, 4.69) is 10.3 Å². The van der Waals surface area contributed by atoms with Crippen LogP contribution in [0.2, 0.25) is 0 Å². The van der Waals surface area contributed by atoms with Crippen LogP contribution in [0.1, 0.15) is 25.8 Å². The summed E-state index contributed by atoms with van der Waals surface area (Å²) in [5.41, 5.74) is 0.955. The number of aromatic nitrogens is 1. The van der Waals surface area contributed by atoms with E-state index < -0.39 is 11.9 Å². The van der Waals surface area contributed by atoms with Crippen molar-refractivity contribution >= 4 is 11.9 Å². The lowest BCUT2D eigenvalue weighted by Gasteiger charge is -2.24. The summed E-state index contributed by atoms with van der Waals surface area (Å²) in [5, 5.41) is 11.6. The van der Waals surface area contributed by atoms with Gasteiger partial charge in [-0.25, -0.2) is 0 Å². The third-order valence-corrected chi connectivity index (χ3v) is 3.53. The monoisotopic (exact) mass is 250 g/mol. The lowest BCUT2D eigenvalue weighted by atomic mass is 9.86. The van der Waals surface area contributed by atoms with Gasteiger partial charge in [-0.1, -0.05) is 13.8 Å². The average Bonchev–Trinajstić information content (AvgIpc) is 2.92. The summed E-state index contributed by atoms with van der Waals surface area (Å²) in [6.07, 6.45) is 4.22. The number of H-pyrrole nitrogens is 1. The molecule has 1 heterocycles. The van der Waals surface area contributed by atoms with Gasteiger partial charge in [0.2, 0.25) is 5.91 Å². The van der Waals surface area contributed by atoms with Crippen LogP contribution in [0.15, 0.2) is 18.5 Å². The first-order chi connectivity index (χ1) is 8.42. The van der Waals surface area contributed by atoms with E-state index in [0.717, 1.165) is 5.56 Å². The van der Waals surface area contributed by atoms with E-state index in [1.54, 1.807) is 0 Å². The maximum absolute atomic E-state index is 11.8. The summed E-state index contributed by atoms with van der Waals surface area (Å²) in [7, 11) is 0. The van der Waals surface area contributed by atoms with Crippen molar-refractivity contribution in [2.24, 2.45) is 11.8 Å². The molecular weight excluding hydrogens is 232 g/mol. The van der Waals surface area contributed by atoms with Crippen molar-refractivity contribution in [1.82, 2.24) is 10.3 Å². The Labute approximate surface area is 106 Å². The van der Waals surface area contributed by atoms with Crippen molar-refractivity contribution in [1.29, 1.82) is 0 Å². The Balaban J connectivity index is 1.85. The van der Waals surface area contributed by atoms with Crippen LogP contribution < -0.4 is 5.32 Å². The van der Waals surface area contributed by atoms with Crippen LogP contribution >= 0.6 is 0 Å². The van der Waals surface area contributed by atoms with E-state index in [1.807, 2.05) is 32.3 Å². The van der Waals surface area contributed by atoms with Crippen LogP contribution in [0.3, 0.4) is 0 Å². The first-order valence-corrected chi connectivity index (χ1v) is 6.05. The highest BCUT2D eigenvalue weighted by Gasteiger charge is 2.48. The minimum Gasteiger partial charge on any atom is -0.481 e. The molecule has 0 spiro atoms. The van der Waals surface area contributed by atoms with Gasteiger partial charge in [-0.2, -0.15) is 0 Å². The van der Waals surface area contributed by atoms with E-state index in [-0.39, 0.29) is 17.2 Å². The Hall–Kier alpha value is -1.78. The fraction of sp³-hybridized carbons (Fsp3) is 0.538. The molecule has 0 bridgehead atoms. The molecule has 98 valence electrons. The number of carboxylic acids is 1. The normalized spacial score (nSPS) is 22.6. The van der Waals surface area contributed by atoms with Gasteiger partial charge in [-0.3, -0.25) is 9.59 Å². The molecule has 0 aromatic carbocycles. The number of aromatic amines is 1.